The van der Waals surface area contributed by atoms with Crippen molar-refractivity contribution < 1.29 is 0 Å². The number of nitrogens with one attached hydrogen (secondary N) is 2. The number of aliphatic imine (C=N–C) groups is 1. The van der Waals surface area contributed by atoms with Crippen LogP contribution in [0.2, 0.25) is 0 Å². The molecule has 0 saturated heterocycles. The van der Waals surface area contributed by atoms with Gasteiger partial charge in [0.05, 0.1) is 23.1 Å². The largest absolute Gasteiger partial charge is 0.360 e. The van der Waals surface area contributed by atoms with Crippen LogP contribution in [0.1, 0.15) is 61.8 Å². The van der Waals surface area contributed by atoms with Crippen molar-refractivity contribution in [1.29, 1.82) is 0 Å². The van der Waals surface area contributed by atoms with Gasteiger partial charge in [0, 0.05) is 12.4 Å². The molecule has 2 aliphatic carbocycles. The number of aromatic amines is 2. The normalized spacial score (nSPS) is 18.8. The van der Waals surface area contributed by atoms with Crippen LogP contribution in [0.4, 0.5) is 0 Å². The number of rotatable bonds is 3. The lowest BCUT2D eigenvalue weighted by Gasteiger charge is -2.17. The van der Waals surface area contributed by atoms with Crippen LogP contribution in [0.3, 0.4) is 0 Å². The second-order valence-electron chi connectivity index (χ2n) is 6.73. The Morgan fingerprint density at radius 3 is 2.52 bits per heavy atom. The highest BCUT2D eigenvalue weighted by Gasteiger charge is 2.21. The molecular formula is C19H26ClN3. The van der Waals surface area contributed by atoms with Crippen LogP contribution in [0.15, 0.2) is 23.3 Å². The van der Waals surface area contributed by atoms with E-state index in [0.717, 1.165) is 0 Å². The van der Waals surface area contributed by atoms with Crippen molar-refractivity contribution in [3.05, 3.63) is 35.2 Å². The first-order chi connectivity index (χ1) is 10.9. The van der Waals surface area contributed by atoms with Gasteiger partial charge in [-0.1, -0.05) is 19.3 Å². The summed E-state index contributed by atoms with van der Waals surface area (Å²) in [5.41, 5.74) is 6.76. The number of hydrogen-bond acceptors (Lipinski definition) is 1. The Hall–Kier alpha value is -1.48. The molecular weight excluding hydrogens is 306 g/mol. The maximum Gasteiger partial charge on any atom is 0.0659 e. The highest BCUT2D eigenvalue weighted by atomic mass is 35.5. The molecule has 0 bridgehead atoms. The zero-order chi connectivity index (χ0) is 14.8. The van der Waals surface area contributed by atoms with Crippen molar-refractivity contribution in [3.8, 4) is 11.4 Å². The van der Waals surface area contributed by atoms with Gasteiger partial charge in [-0.3, -0.25) is 4.99 Å². The maximum absolute atomic E-state index is 4.89. The monoisotopic (exact) mass is 331 g/mol. The standard InChI is InChI=1S/C19H25N3.ClH/c1-2-7-14(8-3-1)21-13-18-15-9-4-5-10-16(15)19(22-18)17-11-6-12-20-17;/h6,11-14,20,22H,1-5,7-10H2;1H. The fraction of sp³-hybridized carbons (Fsp3) is 0.526. The average Bonchev–Trinajstić information content (AvgIpc) is 3.22. The predicted octanol–water partition coefficient (Wildman–Crippen LogP) is 5.06. The van der Waals surface area contributed by atoms with Crippen LogP contribution in [-0.2, 0) is 12.8 Å². The van der Waals surface area contributed by atoms with Gasteiger partial charge in [0.2, 0.25) is 0 Å². The number of halogens is 1. The first-order valence-corrected chi connectivity index (χ1v) is 8.82. The van der Waals surface area contributed by atoms with Crippen molar-refractivity contribution >= 4 is 18.6 Å². The SMILES string of the molecule is C(=NC1CCCCC1)c1[nH]c(-c2ccc[nH]2)c2c1CCCC2.Cl. The number of nitrogens with zero attached hydrogens (tertiary/aromatic N) is 1. The Bertz CT molecular complexity index is 648. The van der Waals surface area contributed by atoms with Gasteiger partial charge in [-0.25, -0.2) is 0 Å². The van der Waals surface area contributed by atoms with Crippen molar-refractivity contribution in [2.45, 2.75) is 63.8 Å². The smallest absolute Gasteiger partial charge is 0.0659 e. The van der Waals surface area contributed by atoms with Gasteiger partial charge in [-0.05, 0) is 61.8 Å². The Morgan fingerprint density at radius 2 is 1.78 bits per heavy atom. The Morgan fingerprint density at radius 1 is 1.00 bits per heavy atom. The third-order valence-electron chi connectivity index (χ3n) is 5.21. The van der Waals surface area contributed by atoms with Crippen LogP contribution >= 0.6 is 12.4 Å². The third-order valence-corrected chi connectivity index (χ3v) is 5.21. The summed E-state index contributed by atoms with van der Waals surface area (Å²) in [6.07, 6.45) is 15.7. The minimum absolute atomic E-state index is 0. The van der Waals surface area contributed by atoms with Crippen molar-refractivity contribution in [3.63, 3.8) is 0 Å². The van der Waals surface area contributed by atoms with Crippen LogP contribution < -0.4 is 0 Å². The van der Waals surface area contributed by atoms with E-state index in [9.17, 15) is 0 Å². The average molecular weight is 332 g/mol. The number of hydrogen-bond donors (Lipinski definition) is 2. The Balaban J connectivity index is 0.00000156. The molecule has 0 radical (unpaired) electrons. The highest BCUT2D eigenvalue weighted by Crippen LogP contribution is 2.32. The summed E-state index contributed by atoms with van der Waals surface area (Å²) in [6.45, 7) is 0. The fourth-order valence-electron chi connectivity index (χ4n) is 4.00. The van der Waals surface area contributed by atoms with Gasteiger partial charge in [0.15, 0.2) is 0 Å². The predicted molar refractivity (Wildman–Crippen MR) is 98.9 cm³/mol. The molecule has 2 aliphatic rings. The molecule has 2 heterocycles. The third kappa shape index (κ3) is 3.40. The van der Waals surface area contributed by atoms with Gasteiger partial charge in [0.1, 0.15) is 0 Å². The molecule has 23 heavy (non-hydrogen) atoms. The molecule has 2 aromatic heterocycles. The van der Waals surface area contributed by atoms with E-state index in [0.29, 0.717) is 6.04 Å². The van der Waals surface area contributed by atoms with E-state index in [4.69, 9.17) is 4.99 Å². The van der Waals surface area contributed by atoms with E-state index >= 15 is 0 Å². The van der Waals surface area contributed by atoms with Gasteiger partial charge < -0.3 is 9.97 Å². The summed E-state index contributed by atoms with van der Waals surface area (Å²) >= 11 is 0. The van der Waals surface area contributed by atoms with Crippen molar-refractivity contribution in [2.24, 2.45) is 4.99 Å². The second kappa shape index (κ2) is 7.39. The highest BCUT2D eigenvalue weighted by molar-refractivity contribution is 5.85. The molecule has 1 fully saturated rings. The zero-order valence-electron chi connectivity index (χ0n) is 13.6. The molecule has 0 atom stereocenters. The lowest BCUT2D eigenvalue weighted by atomic mass is 9.91. The molecule has 2 N–H and O–H groups in total. The number of aromatic nitrogens is 2. The lowest BCUT2D eigenvalue weighted by molar-refractivity contribution is 0.444. The molecule has 124 valence electrons. The van der Waals surface area contributed by atoms with Gasteiger partial charge in [-0.15, -0.1) is 12.4 Å². The summed E-state index contributed by atoms with van der Waals surface area (Å²) in [7, 11) is 0. The molecule has 4 heteroatoms. The van der Waals surface area contributed by atoms with E-state index in [1.54, 1.807) is 0 Å². The molecule has 4 rings (SSSR count). The van der Waals surface area contributed by atoms with E-state index in [-0.39, 0.29) is 12.4 Å². The van der Waals surface area contributed by atoms with Crippen LogP contribution in [0.5, 0.6) is 0 Å². The summed E-state index contributed by atoms with van der Waals surface area (Å²) in [5, 5.41) is 0. The molecule has 3 nitrogen and oxygen atoms in total. The van der Waals surface area contributed by atoms with E-state index in [1.165, 1.54) is 86.0 Å². The molecule has 0 aromatic carbocycles. The zero-order valence-corrected chi connectivity index (χ0v) is 14.4. The quantitative estimate of drug-likeness (QED) is 0.738. The first-order valence-electron chi connectivity index (χ1n) is 8.82. The summed E-state index contributed by atoms with van der Waals surface area (Å²) in [6, 6.07) is 4.77. The molecule has 0 unspecified atom stereocenters. The van der Waals surface area contributed by atoms with Crippen molar-refractivity contribution in [2.75, 3.05) is 0 Å². The topological polar surface area (TPSA) is 43.9 Å². The minimum atomic E-state index is 0. The summed E-state index contributed by atoms with van der Waals surface area (Å²) in [4.78, 5) is 11.9. The van der Waals surface area contributed by atoms with E-state index in [2.05, 4.69) is 28.3 Å². The minimum Gasteiger partial charge on any atom is -0.360 e. The van der Waals surface area contributed by atoms with Crippen LogP contribution in [0, 0.1) is 0 Å². The second-order valence-corrected chi connectivity index (χ2v) is 6.73. The fourth-order valence-corrected chi connectivity index (χ4v) is 4.00. The summed E-state index contributed by atoms with van der Waals surface area (Å²) < 4.78 is 0. The summed E-state index contributed by atoms with van der Waals surface area (Å²) in [5.74, 6) is 0. The first kappa shape index (κ1) is 16.4. The van der Waals surface area contributed by atoms with Gasteiger partial charge in [-0.2, -0.15) is 0 Å². The van der Waals surface area contributed by atoms with Gasteiger partial charge in [0.25, 0.3) is 0 Å². The lowest BCUT2D eigenvalue weighted by Crippen LogP contribution is -2.10. The molecule has 0 aliphatic heterocycles. The van der Waals surface area contributed by atoms with Crippen LogP contribution in [0.25, 0.3) is 11.4 Å². The van der Waals surface area contributed by atoms with E-state index in [1.807, 2.05) is 6.20 Å². The molecule has 1 saturated carbocycles. The maximum atomic E-state index is 4.89. The number of H-pyrrole nitrogens is 2. The van der Waals surface area contributed by atoms with Crippen molar-refractivity contribution in [1.82, 2.24) is 9.97 Å². The molecule has 0 amide bonds. The van der Waals surface area contributed by atoms with Crippen LogP contribution in [-0.4, -0.2) is 22.2 Å². The Labute approximate surface area is 144 Å². The van der Waals surface area contributed by atoms with E-state index < -0.39 is 0 Å². The number of fused-ring (bicyclic) bond motifs is 1. The molecule has 0 spiro atoms. The Kier molecular flexibility index (Phi) is 5.27. The molecule has 2 aromatic rings. The van der Waals surface area contributed by atoms with Gasteiger partial charge >= 0.3 is 0 Å².